The van der Waals surface area contributed by atoms with Gasteiger partial charge >= 0.3 is 7.82 Å². The summed E-state index contributed by atoms with van der Waals surface area (Å²) in [5.41, 5.74) is 0.778. The van der Waals surface area contributed by atoms with Crippen LogP contribution in [-0.4, -0.2) is 71.1 Å². The smallest absolute Gasteiger partial charge is 0.349 e. The molecule has 3 rings (SSSR count). The van der Waals surface area contributed by atoms with Crippen LogP contribution in [0.2, 0.25) is 0 Å². The number of amides is 2. The molecule has 13 nitrogen and oxygen atoms in total. The molecule has 1 aromatic heterocycles. The van der Waals surface area contributed by atoms with Crippen molar-refractivity contribution in [2.24, 2.45) is 17.8 Å². The largest absolute Gasteiger partial charge is 0.469 e. The van der Waals surface area contributed by atoms with Gasteiger partial charge in [-0.05, 0) is 51.9 Å². The van der Waals surface area contributed by atoms with Gasteiger partial charge in [0.25, 0.3) is 0 Å². The zero-order valence-electron chi connectivity index (χ0n) is 29.1. The number of carbonyl (C=O) groups excluding carboxylic acids is 3. The van der Waals surface area contributed by atoms with Crippen LogP contribution < -0.4 is 10.6 Å². The molecule has 0 spiro atoms. The molecule has 5 unspecified atom stereocenters. The van der Waals surface area contributed by atoms with E-state index in [9.17, 15) is 32.9 Å². The first-order valence-corrected chi connectivity index (χ1v) is 19.6. The Morgan fingerprint density at radius 2 is 1.71 bits per heavy atom. The molecule has 49 heavy (non-hydrogen) atoms. The molecule has 2 amide bonds. The van der Waals surface area contributed by atoms with Gasteiger partial charge in [0.1, 0.15) is 12.0 Å². The van der Waals surface area contributed by atoms with Gasteiger partial charge < -0.3 is 25.4 Å². The Bertz CT molecular complexity index is 1410. The number of H-pyrrole nitrogens is 1. The van der Waals surface area contributed by atoms with Crippen LogP contribution in [0.4, 0.5) is 0 Å². The van der Waals surface area contributed by atoms with Crippen LogP contribution in [0.1, 0.15) is 102 Å². The van der Waals surface area contributed by atoms with E-state index in [0.29, 0.717) is 25.0 Å². The third kappa shape index (κ3) is 14.2. The van der Waals surface area contributed by atoms with Crippen LogP contribution in [0.3, 0.4) is 0 Å². The number of Topliss-reactive ketones (excluding diaryl/α,β-unsaturated/α-hetero) is 1. The highest BCUT2D eigenvalue weighted by molar-refractivity contribution is 7.81. The lowest BCUT2D eigenvalue weighted by Crippen LogP contribution is -2.55. The van der Waals surface area contributed by atoms with Gasteiger partial charge in [0.15, 0.2) is 16.9 Å². The predicted octanol–water partition coefficient (Wildman–Crippen LogP) is 4.78. The number of phosphoric ester groups is 1. The van der Waals surface area contributed by atoms with Crippen LogP contribution in [0.15, 0.2) is 42.9 Å². The lowest BCUT2D eigenvalue weighted by Gasteiger charge is -2.34. The Kier molecular flexibility index (Phi) is 15.8. The minimum absolute atomic E-state index is 0.0231. The van der Waals surface area contributed by atoms with E-state index in [1.807, 2.05) is 13.8 Å². The van der Waals surface area contributed by atoms with Crippen LogP contribution in [0.25, 0.3) is 0 Å². The first kappa shape index (κ1) is 40.7. The fourth-order valence-corrected chi connectivity index (χ4v) is 7.07. The second-order valence-electron chi connectivity index (χ2n) is 14.2. The van der Waals surface area contributed by atoms with Crippen molar-refractivity contribution in [3.8, 4) is 0 Å². The van der Waals surface area contributed by atoms with E-state index in [1.54, 1.807) is 51.1 Å². The SMILES string of the molecule is CC(C)CCC(OP(=O)(O)O)C(CC1CCCCC1)NC(=O)C(Cc1cnc[nH]1)NC(=O)C(COS(=O)C(C)(C)C)C(=O)c1ccccc1. The van der Waals surface area contributed by atoms with E-state index in [2.05, 4.69) is 20.6 Å². The highest BCUT2D eigenvalue weighted by atomic mass is 32.2. The summed E-state index contributed by atoms with van der Waals surface area (Å²) >= 11 is -1.83. The molecule has 1 heterocycles. The molecule has 0 bridgehead atoms. The van der Waals surface area contributed by atoms with Crippen molar-refractivity contribution < 1.29 is 41.7 Å². The summed E-state index contributed by atoms with van der Waals surface area (Å²) in [7, 11) is -4.92. The van der Waals surface area contributed by atoms with Gasteiger partial charge in [-0.1, -0.05) is 76.3 Å². The van der Waals surface area contributed by atoms with Gasteiger partial charge in [-0.15, -0.1) is 0 Å². The number of aromatic nitrogens is 2. The minimum Gasteiger partial charge on any atom is -0.349 e. The van der Waals surface area contributed by atoms with Crippen molar-refractivity contribution in [3.05, 3.63) is 54.1 Å². The molecule has 1 fully saturated rings. The summed E-state index contributed by atoms with van der Waals surface area (Å²) in [5, 5.41) is 5.70. The number of ketones is 1. The van der Waals surface area contributed by atoms with Crippen molar-refractivity contribution in [2.75, 3.05) is 6.61 Å². The van der Waals surface area contributed by atoms with Gasteiger partial charge in [-0.2, -0.15) is 0 Å². The van der Waals surface area contributed by atoms with E-state index in [0.717, 1.165) is 32.1 Å². The summed E-state index contributed by atoms with van der Waals surface area (Å²) in [6.07, 6.45) is 8.30. The summed E-state index contributed by atoms with van der Waals surface area (Å²) in [4.78, 5) is 68.3. The summed E-state index contributed by atoms with van der Waals surface area (Å²) in [5.74, 6) is -2.97. The molecule has 1 aromatic carbocycles. The molecule has 274 valence electrons. The predicted molar refractivity (Wildman–Crippen MR) is 186 cm³/mol. The second-order valence-corrected chi connectivity index (χ2v) is 17.3. The lowest BCUT2D eigenvalue weighted by molar-refractivity contribution is -0.131. The summed E-state index contributed by atoms with van der Waals surface area (Å²) in [6, 6.07) is 6.19. The average molecular weight is 725 g/mol. The molecular weight excluding hydrogens is 671 g/mol. The van der Waals surface area contributed by atoms with Crippen molar-refractivity contribution in [1.82, 2.24) is 20.6 Å². The van der Waals surface area contributed by atoms with Crippen molar-refractivity contribution >= 4 is 36.5 Å². The third-order valence-electron chi connectivity index (χ3n) is 8.53. The number of phosphoric acid groups is 1. The second kappa shape index (κ2) is 19.0. The fraction of sp³-hybridized carbons (Fsp3) is 0.647. The van der Waals surface area contributed by atoms with Gasteiger partial charge in [-0.3, -0.25) is 23.1 Å². The number of nitrogens with zero attached hydrogens (tertiary/aromatic N) is 1. The first-order chi connectivity index (χ1) is 23.0. The Hall–Kier alpha value is -2.74. The molecule has 0 aliphatic heterocycles. The van der Waals surface area contributed by atoms with Crippen molar-refractivity contribution in [1.29, 1.82) is 0 Å². The number of imidazole rings is 1. The highest BCUT2D eigenvalue weighted by Gasteiger charge is 2.37. The van der Waals surface area contributed by atoms with Gasteiger partial charge in [0.2, 0.25) is 11.8 Å². The average Bonchev–Trinajstić information content (AvgIpc) is 3.55. The molecule has 1 aliphatic rings. The molecule has 5 N–H and O–H groups in total. The fourth-order valence-electron chi connectivity index (χ4n) is 5.85. The maximum Gasteiger partial charge on any atom is 0.469 e. The molecule has 15 heteroatoms. The van der Waals surface area contributed by atoms with E-state index >= 15 is 0 Å². The van der Waals surface area contributed by atoms with Gasteiger partial charge in [0, 0.05) is 23.9 Å². The lowest BCUT2D eigenvalue weighted by atomic mass is 9.83. The Morgan fingerprint density at radius 3 is 2.29 bits per heavy atom. The van der Waals surface area contributed by atoms with E-state index in [4.69, 9.17) is 8.71 Å². The summed E-state index contributed by atoms with van der Waals surface area (Å²) < 4.78 is 34.9. The van der Waals surface area contributed by atoms with E-state index in [-0.39, 0.29) is 23.8 Å². The maximum absolute atomic E-state index is 14.2. The Labute approximate surface area is 292 Å². The van der Waals surface area contributed by atoms with Crippen molar-refractivity contribution in [3.63, 3.8) is 0 Å². The zero-order valence-corrected chi connectivity index (χ0v) is 30.8. The number of aromatic amines is 1. The van der Waals surface area contributed by atoms with E-state index in [1.165, 1.54) is 12.5 Å². The minimum atomic E-state index is -4.92. The molecule has 1 aliphatic carbocycles. The molecule has 5 atom stereocenters. The first-order valence-electron chi connectivity index (χ1n) is 17.0. The van der Waals surface area contributed by atoms with Crippen LogP contribution in [0, 0.1) is 17.8 Å². The zero-order chi connectivity index (χ0) is 36.2. The topological polar surface area (TPSA) is 197 Å². The quantitative estimate of drug-likeness (QED) is 0.0764. The standard InChI is InChI=1S/C34H53N4O9PS/c1-23(2)16-17-30(47-48(42,43)44)28(18-24-12-8-6-9-13-24)37-33(41)29(19-26-20-35-22-36-26)38-32(40)27(21-46-49(45)34(3,4)5)31(39)25-14-10-7-11-15-25/h7,10-11,14-15,20,22-24,27-30H,6,8-9,12-13,16-19,21H2,1-5H3,(H,35,36)(H,37,41)(H,38,40)(H2,42,43,44). The third-order valence-corrected chi connectivity index (χ3v) is 10.4. The van der Waals surface area contributed by atoms with Gasteiger partial charge in [0.05, 0.1) is 29.8 Å². The maximum atomic E-state index is 14.2. The monoisotopic (exact) mass is 724 g/mol. The Morgan fingerprint density at radius 1 is 1.04 bits per heavy atom. The molecule has 0 saturated heterocycles. The molecule has 0 radical (unpaired) electrons. The van der Waals surface area contributed by atoms with Crippen molar-refractivity contribution in [2.45, 2.75) is 115 Å². The number of benzene rings is 1. The number of rotatable bonds is 19. The number of nitrogens with one attached hydrogen (secondary N) is 3. The van der Waals surface area contributed by atoms with E-state index < -0.39 is 72.0 Å². The number of carbonyl (C=O) groups is 3. The summed E-state index contributed by atoms with van der Waals surface area (Å²) in [6.45, 7) is 8.61. The highest BCUT2D eigenvalue weighted by Crippen LogP contribution is 2.41. The number of hydrogen-bond donors (Lipinski definition) is 5. The number of hydrogen-bond acceptors (Lipinski definition) is 8. The molecule has 2 aromatic rings. The normalized spacial score (nSPS) is 17.6. The molecule has 1 saturated carbocycles. The van der Waals surface area contributed by atoms with Crippen LogP contribution in [0.5, 0.6) is 0 Å². The van der Waals surface area contributed by atoms with Gasteiger partial charge in [-0.25, -0.2) is 13.8 Å². The van der Waals surface area contributed by atoms with Crippen LogP contribution >= 0.6 is 7.82 Å². The van der Waals surface area contributed by atoms with Crippen LogP contribution in [-0.2, 0) is 40.4 Å². The Balaban J connectivity index is 1.93. The molecular formula is C34H53N4O9PS.